The molecule has 1 aliphatic rings. The van der Waals surface area contributed by atoms with Crippen LogP contribution >= 0.6 is 0 Å². The van der Waals surface area contributed by atoms with E-state index in [1.807, 2.05) is 19.9 Å². The van der Waals surface area contributed by atoms with Gasteiger partial charge in [-0.2, -0.15) is 0 Å². The van der Waals surface area contributed by atoms with Crippen LogP contribution in [0.5, 0.6) is 0 Å². The smallest absolute Gasteiger partial charge is 0.321 e. The highest BCUT2D eigenvalue weighted by atomic mass is 16.2. The summed E-state index contributed by atoms with van der Waals surface area (Å²) in [5, 5.41) is 5.21. The number of hydrogen-bond donors (Lipinski definition) is 3. The van der Waals surface area contributed by atoms with Crippen LogP contribution < -0.4 is 16.4 Å². The van der Waals surface area contributed by atoms with E-state index in [9.17, 15) is 4.79 Å². The Labute approximate surface area is 103 Å². The minimum Gasteiger partial charge on any atom is -0.370 e. The molecule has 17 heavy (non-hydrogen) atoms. The van der Waals surface area contributed by atoms with Crippen molar-refractivity contribution in [1.82, 2.24) is 10.6 Å². The number of nitrogens with zero attached hydrogens (tertiary/aromatic N) is 1. The second-order valence-corrected chi connectivity index (χ2v) is 4.57. The number of guanidine groups is 1. The van der Waals surface area contributed by atoms with E-state index in [1.165, 1.54) is 12.8 Å². The lowest BCUT2D eigenvalue weighted by Gasteiger charge is -2.08. The van der Waals surface area contributed by atoms with Crippen molar-refractivity contribution in [3.8, 4) is 0 Å². The number of nitrogens with two attached hydrogens (primary N) is 1. The summed E-state index contributed by atoms with van der Waals surface area (Å²) < 4.78 is 0. The molecule has 0 unspecified atom stereocenters. The Morgan fingerprint density at radius 3 is 2.65 bits per heavy atom. The molecular formula is C12H22N4O. The van der Waals surface area contributed by atoms with Gasteiger partial charge in [0.05, 0.1) is 6.04 Å². The largest absolute Gasteiger partial charge is 0.370 e. The minimum atomic E-state index is -0.304. The van der Waals surface area contributed by atoms with Crippen LogP contribution in [0.25, 0.3) is 0 Å². The van der Waals surface area contributed by atoms with Crippen molar-refractivity contribution in [2.75, 3.05) is 6.54 Å². The van der Waals surface area contributed by atoms with Crippen LogP contribution in [0.15, 0.2) is 16.6 Å². The zero-order chi connectivity index (χ0) is 12.7. The monoisotopic (exact) mass is 238 g/mol. The maximum atomic E-state index is 11.4. The van der Waals surface area contributed by atoms with Gasteiger partial charge >= 0.3 is 6.03 Å². The molecular weight excluding hydrogens is 216 g/mol. The molecule has 0 atom stereocenters. The Morgan fingerprint density at radius 1 is 1.41 bits per heavy atom. The summed E-state index contributed by atoms with van der Waals surface area (Å²) in [6, 6.07) is -0.0187. The second kappa shape index (κ2) is 6.93. The fourth-order valence-corrected chi connectivity index (χ4v) is 1.77. The summed E-state index contributed by atoms with van der Waals surface area (Å²) in [6.07, 6.45) is 6.48. The topological polar surface area (TPSA) is 79.5 Å². The highest BCUT2D eigenvalue weighted by molar-refractivity contribution is 5.95. The number of rotatable bonds is 3. The molecule has 0 aromatic rings. The van der Waals surface area contributed by atoms with Gasteiger partial charge in [0.15, 0.2) is 5.96 Å². The highest BCUT2D eigenvalue weighted by Gasteiger charge is 2.14. The lowest BCUT2D eigenvalue weighted by Crippen LogP contribution is -2.43. The molecule has 5 heteroatoms. The molecule has 0 aromatic heterocycles. The van der Waals surface area contributed by atoms with Crippen LogP contribution in [0.2, 0.25) is 0 Å². The Kier molecular flexibility index (Phi) is 5.52. The van der Waals surface area contributed by atoms with E-state index >= 15 is 0 Å². The first-order chi connectivity index (χ1) is 8.08. The van der Waals surface area contributed by atoms with Gasteiger partial charge in [-0.15, -0.1) is 0 Å². The number of amides is 2. The van der Waals surface area contributed by atoms with Gasteiger partial charge in [-0.25, -0.2) is 9.79 Å². The van der Waals surface area contributed by atoms with Gasteiger partial charge in [0, 0.05) is 6.54 Å². The Hall–Kier alpha value is -1.52. The zero-order valence-electron chi connectivity index (χ0n) is 10.6. The van der Waals surface area contributed by atoms with Crippen LogP contribution in [-0.2, 0) is 0 Å². The van der Waals surface area contributed by atoms with Crippen molar-refractivity contribution in [2.24, 2.45) is 10.7 Å². The molecule has 1 saturated carbocycles. The molecule has 1 rings (SSSR count). The predicted molar refractivity (Wildman–Crippen MR) is 69.8 cm³/mol. The van der Waals surface area contributed by atoms with E-state index < -0.39 is 0 Å². The number of carbonyl (C=O) groups excluding carboxylic acids is 1. The lowest BCUT2D eigenvalue weighted by molar-refractivity contribution is 0.246. The number of hydrogen-bond acceptors (Lipinski definition) is 2. The van der Waals surface area contributed by atoms with Crippen LogP contribution in [-0.4, -0.2) is 24.6 Å². The van der Waals surface area contributed by atoms with Crippen molar-refractivity contribution >= 4 is 12.0 Å². The van der Waals surface area contributed by atoms with E-state index in [-0.39, 0.29) is 18.0 Å². The summed E-state index contributed by atoms with van der Waals surface area (Å²) in [5.74, 6) is 0.214. The van der Waals surface area contributed by atoms with Crippen LogP contribution in [0.3, 0.4) is 0 Å². The normalized spacial score (nSPS) is 16.7. The summed E-state index contributed by atoms with van der Waals surface area (Å²) in [6.45, 7) is 4.47. The van der Waals surface area contributed by atoms with E-state index in [1.54, 1.807) is 0 Å². The summed E-state index contributed by atoms with van der Waals surface area (Å²) in [5.41, 5.74) is 6.81. The SMILES string of the molecule is CC(C)=CCNC(=O)NC(N)=NC1CCCC1. The lowest BCUT2D eigenvalue weighted by atomic mass is 10.3. The van der Waals surface area contributed by atoms with Crippen molar-refractivity contribution in [3.05, 3.63) is 11.6 Å². The van der Waals surface area contributed by atoms with Gasteiger partial charge in [-0.05, 0) is 26.7 Å². The molecule has 0 radical (unpaired) electrons. The van der Waals surface area contributed by atoms with Crippen molar-refractivity contribution in [1.29, 1.82) is 0 Å². The first-order valence-electron chi connectivity index (χ1n) is 6.09. The molecule has 1 aliphatic carbocycles. The molecule has 2 amide bonds. The third-order valence-electron chi connectivity index (χ3n) is 2.66. The van der Waals surface area contributed by atoms with Crippen LogP contribution in [0.1, 0.15) is 39.5 Å². The predicted octanol–water partition coefficient (Wildman–Crippen LogP) is 1.51. The molecule has 4 N–H and O–H groups in total. The zero-order valence-corrected chi connectivity index (χ0v) is 10.6. The average Bonchev–Trinajstić information content (AvgIpc) is 2.69. The van der Waals surface area contributed by atoms with Gasteiger partial charge in [0.1, 0.15) is 0 Å². The van der Waals surface area contributed by atoms with Gasteiger partial charge in [-0.3, -0.25) is 5.32 Å². The molecule has 96 valence electrons. The van der Waals surface area contributed by atoms with Crippen molar-refractivity contribution < 1.29 is 4.79 Å². The molecule has 5 nitrogen and oxygen atoms in total. The number of nitrogens with one attached hydrogen (secondary N) is 2. The molecule has 0 aromatic carbocycles. The number of urea groups is 1. The third-order valence-corrected chi connectivity index (χ3v) is 2.66. The summed E-state index contributed by atoms with van der Waals surface area (Å²) >= 11 is 0. The minimum absolute atomic E-state index is 0.214. The Balaban J connectivity index is 2.27. The fourth-order valence-electron chi connectivity index (χ4n) is 1.77. The fraction of sp³-hybridized carbons (Fsp3) is 0.667. The van der Waals surface area contributed by atoms with Gasteiger partial charge in [-0.1, -0.05) is 24.5 Å². The second-order valence-electron chi connectivity index (χ2n) is 4.57. The molecule has 1 fully saturated rings. The third kappa shape index (κ3) is 5.94. The number of carbonyl (C=O) groups is 1. The maximum Gasteiger partial charge on any atom is 0.321 e. The molecule has 0 bridgehead atoms. The first-order valence-corrected chi connectivity index (χ1v) is 6.09. The number of aliphatic imine (C=N–C) groups is 1. The van der Waals surface area contributed by atoms with E-state index in [0.29, 0.717) is 6.54 Å². The highest BCUT2D eigenvalue weighted by Crippen LogP contribution is 2.20. The van der Waals surface area contributed by atoms with Crippen LogP contribution in [0.4, 0.5) is 4.79 Å². The Bertz CT molecular complexity index is 312. The summed E-state index contributed by atoms with van der Waals surface area (Å²) in [7, 11) is 0. The van der Waals surface area contributed by atoms with Crippen LogP contribution in [0, 0.1) is 0 Å². The average molecular weight is 238 g/mol. The first kappa shape index (κ1) is 13.5. The maximum absolute atomic E-state index is 11.4. The molecule has 0 aliphatic heterocycles. The van der Waals surface area contributed by atoms with E-state index in [0.717, 1.165) is 18.4 Å². The van der Waals surface area contributed by atoms with Crippen molar-refractivity contribution in [3.63, 3.8) is 0 Å². The van der Waals surface area contributed by atoms with Gasteiger partial charge in [0.25, 0.3) is 0 Å². The Morgan fingerprint density at radius 2 is 2.06 bits per heavy atom. The van der Waals surface area contributed by atoms with Gasteiger partial charge < -0.3 is 11.1 Å². The molecule has 0 heterocycles. The standard InChI is InChI=1S/C12H22N4O/c1-9(2)7-8-14-12(17)16-11(13)15-10-5-3-4-6-10/h7,10H,3-6,8H2,1-2H3,(H4,13,14,15,16,17). The quantitative estimate of drug-likeness (QED) is 0.396. The van der Waals surface area contributed by atoms with E-state index in [2.05, 4.69) is 15.6 Å². The summed E-state index contributed by atoms with van der Waals surface area (Å²) in [4.78, 5) is 15.7. The van der Waals surface area contributed by atoms with Crippen molar-refractivity contribution in [2.45, 2.75) is 45.6 Å². The van der Waals surface area contributed by atoms with E-state index in [4.69, 9.17) is 5.73 Å². The molecule has 0 saturated heterocycles. The molecule has 0 spiro atoms. The number of allylic oxidation sites excluding steroid dienone is 1. The van der Waals surface area contributed by atoms with Gasteiger partial charge in [0.2, 0.25) is 0 Å².